The Balaban J connectivity index is 1.75. The fourth-order valence-electron chi connectivity index (χ4n) is 2.64. The zero-order valence-corrected chi connectivity index (χ0v) is 13.3. The molecule has 0 spiro atoms. The van der Waals surface area contributed by atoms with E-state index in [-0.39, 0.29) is 11.7 Å². The molecule has 1 aliphatic heterocycles. The van der Waals surface area contributed by atoms with Crippen molar-refractivity contribution in [3.8, 4) is 5.75 Å². The van der Waals surface area contributed by atoms with Crippen LogP contribution < -0.4 is 10.1 Å². The number of benzene rings is 1. The quantitative estimate of drug-likeness (QED) is 0.815. The Labute approximate surface area is 131 Å². The zero-order valence-electron chi connectivity index (χ0n) is 13.3. The molecule has 0 aromatic heterocycles. The number of piperazine rings is 1. The van der Waals surface area contributed by atoms with Crippen LogP contribution in [0.1, 0.15) is 36.5 Å². The maximum absolute atomic E-state index is 12.1. The average Bonchev–Trinajstić information content (AvgIpc) is 2.54. The van der Waals surface area contributed by atoms with Gasteiger partial charge in [-0.25, -0.2) is 0 Å². The van der Waals surface area contributed by atoms with Crippen molar-refractivity contribution in [3.63, 3.8) is 0 Å². The highest BCUT2D eigenvalue weighted by molar-refractivity contribution is 5.96. The van der Waals surface area contributed by atoms with Crippen LogP contribution in [0.2, 0.25) is 0 Å². The van der Waals surface area contributed by atoms with Gasteiger partial charge in [-0.05, 0) is 37.6 Å². The number of carbonyl (C=O) groups excluding carboxylic acids is 2. The maximum atomic E-state index is 12.1. The van der Waals surface area contributed by atoms with E-state index in [0.29, 0.717) is 30.9 Å². The van der Waals surface area contributed by atoms with Crippen LogP contribution >= 0.6 is 0 Å². The normalized spacial score (nSPS) is 18.1. The minimum absolute atomic E-state index is 0.0733. The fourth-order valence-corrected chi connectivity index (χ4v) is 2.64. The molecule has 0 saturated carbocycles. The highest BCUT2D eigenvalue weighted by Gasteiger charge is 2.20. The van der Waals surface area contributed by atoms with Crippen molar-refractivity contribution in [2.45, 2.75) is 32.2 Å². The average molecular weight is 304 g/mol. The summed E-state index contributed by atoms with van der Waals surface area (Å²) in [4.78, 5) is 26.1. The molecule has 120 valence electrons. The topological polar surface area (TPSA) is 58.6 Å². The van der Waals surface area contributed by atoms with Crippen molar-refractivity contribution in [3.05, 3.63) is 29.8 Å². The van der Waals surface area contributed by atoms with E-state index in [4.69, 9.17) is 4.74 Å². The van der Waals surface area contributed by atoms with Crippen molar-refractivity contribution in [1.29, 1.82) is 0 Å². The van der Waals surface area contributed by atoms with Gasteiger partial charge >= 0.3 is 0 Å². The number of amides is 1. The molecule has 1 N–H and O–H groups in total. The van der Waals surface area contributed by atoms with Crippen LogP contribution in [0.25, 0.3) is 0 Å². The van der Waals surface area contributed by atoms with E-state index in [9.17, 15) is 9.59 Å². The lowest BCUT2D eigenvalue weighted by Gasteiger charge is -2.32. The Morgan fingerprint density at radius 1 is 1.27 bits per heavy atom. The predicted octanol–water partition coefficient (Wildman–Crippen LogP) is 1.87. The van der Waals surface area contributed by atoms with Crippen molar-refractivity contribution in [2.75, 3.05) is 26.7 Å². The van der Waals surface area contributed by atoms with Crippen LogP contribution in [-0.4, -0.2) is 49.4 Å². The second kappa shape index (κ2) is 7.94. The molecule has 2 rings (SSSR count). The Kier molecular flexibility index (Phi) is 5.95. The smallest absolute Gasteiger partial charge is 0.222 e. The van der Waals surface area contributed by atoms with Gasteiger partial charge in [0.15, 0.2) is 5.78 Å². The van der Waals surface area contributed by atoms with Crippen molar-refractivity contribution >= 4 is 11.7 Å². The number of ether oxygens (including phenoxy) is 1. The summed E-state index contributed by atoms with van der Waals surface area (Å²) < 4.78 is 5.07. The van der Waals surface area contributed by atoms with E-state index < -0.39 is 0 Å². The lowest BCUT2D eigenvalue weighted by atomic mass is 10.0. The van der Waals surface area contributed by atoms with Crippen molar-refractivity contribution < 1.29 is 14.3 Å². The SMILES string of the molecule is COc1ccc(C(=O)CCCC(=O)N2CCNC(C)C2)cc1. The monoisotopic (exact) mass is 304 g/mol. The van der Waals surface area contributed by atoms with Crippen LogP contribution in [0.3, 0.4) is 0 Å². The van der Waals surface area contributed by atoms with Gasteiger partial charge in [-0.1, -0.05) is 0 Å². The minimum Gasteiger partial charge on any atom is -0.497 e. The fraction of sp³-hybridized carbons (Fsp3) is 0.529. The summed E-state index contributed by atoms with van der Waals surface area (Å²) in [6.45, 7) is 4.44. The second-order valence-corrected chi connectivity index (χ2v) is 5.70. The van der Waals surface area contributed by atoms with Gasteiger partial charge < -0.3 is 15.0 Å². The van der Waals surface area contributed by atoms with E-state index in [1.54, 1.807) is 31.4 Å². The van der Waals surface area contributed by atoms with E-state index in [1.807, 2.05) is 4.90 Å². The molecule has 1 heterocycles. The molecule has 1 aromatic rings. The number of carbonyl (C=O) groups is 2. The molecule has 1 atom stereocenters. The van der Waals surface area contributed by atoms with Gasteiger partial charge in [0.05, 0.1) is 7.11 Å². The lowest BCUT2D eigenvalue weighted by Crippen LogP contribution is -2.51. The van der Waals surface area contributed by atoms with Gasteiger partial charge in [0, 0.05) is 44.1 Å². The van der Waals surface area contributed by atoms with Crippen molar-refractivity contribution in [1.82, 2.24) is 10.2 Å². The number of hydrogen-bond acceptors (Lipinski definition) is 4. The Bertz CT molecular complexity index is 513. The zero-order chi connectivity index (χ0) is 15.9. The van der Waals surface area contributed by atoms with Crippen LogP contribution in [-0.2, 0) is 4.79 Å². The first-order valence-corrected chi connectivity index (χ1v) is 7.78. The van der Waals surface area contributed by atoms with Crippen LogP contribution in [0.4, 0.5) is 0 Å². The molecular formula is C17H24N2O3. The summed E-state index contributed by atoms with van der Waals surface area (Å²) in [5.74, 6) is 0.958. The highest BCUT2D eigenvalue weighted by Crippen LogP contribution is 2.14. The van der Waals surface area contributed by atoms with Gasteiger partial charge in [-0.15, -0.1) is 0 Å². The largest absolute Gasteiger partial charge is 0.497 e. The Morgan fingerprint density at radius 2 is 2.00 bits per heavy atom. The molecule has 5 heteroatoms. The third-order valence-electron chi connectivity index (χ3n) is 3.93. The highest BCUT2D eigenvalue weighted by atomic mass is 16.5. The van der Waals surface area contributed by atoms with E-state index in [0.717, 1.165) is 25.4 Å². The number of methoxy groups -OCH3 is 1. The molecule has 0 radical (unpaired) electrons. The summed E-state index contributed by atoms with van der Waals surface area (Å²) in [6.07, 6.45) is 1.44. The molecule has 1 aromatic carbocycles. The molecule has 22 heavy (non-hydrogen) atoms. The van der Waals surface area contributed by atoms with Gasteiger partial charge in [-0.2, -0.15) is 0 Å². The molecule has 1 aliphatic rings. The number of ketones is 1. The third-order valence-corrected chi connectivity index (χ3v) is 3.93. The van der Waals surface area contributed by atoms with Gasteiger partial charge in [0.1, 0.15) is 5.75 Å². The lowest BCUT2D eigenvalue weighted by molar-refractivity contribution is -0.132. The van der Waals surface area contributed by atoms with Crippen molar-refractivity contribution in [2.24, 2.45) is 0 Å². The standard InChI is InChI=1S/C17H24N2O3/c1-13-12-19(11-10-18-13)17(21)5-3-4-16(20)14-6-8-15(22-2)9-7-14/h6-9,13,18H,3-5,10-12H2,1-2H3. The minimum atomic E-state index is 0.0733. The summed E-state index contributed by atoms with van der Waals surface area (Å²) >= 11 is 0. The van der Waals surface area contributed by atoms with Gasteiger partial charge in [-0.3, -0.25) is 9.59 Å². The first kappa shape index (κ1) is 16.5. The Morgan fingerprint density at radius 3 is 2.64 bits per heavy atom. The molecular weight excluding hydrogens is 280 g/mol. The third kappa shape index (κ3) is 4.56. The summed E-state index contributed by atoms with van der Waals surface area (Å²) in [5.41, 5.74) is 0.670. The van der Waals surface area contributed by atoms with Gasteiger partial charge in [0.2, 0.25) is 5.91 Å². The molecule has 1 saturated heterocycles. The van der Waals surface area contributed by atoms with E-state index in [1.165, 1.54) is 0 Å². The summed E-state index contributed by atoms with van der Waals surface area (Å²) in [7, 11) is 1.60. The number of nitrogens with one attached hydrogen (secondary N) is 1. The van der Waals surface area contributed by atoms with Crippen LogP contribution in [0, 0.1) is 0 Å². The van der Waals surface area contributed by atoms with Crippen LogP contribution in [0.15, 0.2) is 24.3 Å². The van der Waals surface area contributed by atoms with Crippen LogP contribution in [0.5, 0.6) is 5.75 Å². The molecule has 1 amide bonds. The number of nitrogens with zero attached hydrogens (tertiary/aromatic N) is 1. The molecule has 5 nitrogen and oxygen atoms in total. The second-order valence-electron chi connectivity index (χ2n) is 5.70. The maximum Gasteiger partial charge on any atom is 0.222 e. The Hall–Kier alpha value is -1.88. The molecule has 1 unspecified atom stereocenters. The molecule has 0 bridgehead atoms. The number of hydrogen-bond donors (Lipinski definition) is 1. The van der Waals surface area contributed by atoms with Gasteiger partial charge in [0.25, 0.3) is 0 Å². The molecule has 1 fully saturated rings. The number of Topliss-reactive ketones (excluding diaryl/α,β-unsaturated/α-hetero) is 1. The molecule has 0 aliphatic carbocycles. The predicted molar refractivity (Wildman–Crippen MR) is 85.2 cm³/mol. The van der Waals surface area contributed by atoms with E-state index >= 15 is 0 Å². The van der Waals surface area contributed by atoms with E-state index in [2.05, 4.69) is 12.2 Å². The summed E-state index contributed by atoms with van der Waals surface area (Å²) in [5, 5.41) is 3.31. The number of rotatable bonds is 6. The first-order valence-electron chi connectivity index (χ1n) is 7.78. The summed E-state index contributed by atoms with van der Waals surface area (Å²) in [6, 6.07) is 7.43. The first-order chi connectivity index (χ1) is 10.6.